The van der Waals surface area contributed by atoms with Crippen LogP contribution < -0.4 is 19.5 Å². The lowest BCUT2D eigenvalue weighted by Gasteiger charge is -2.23. The second-order valence-corrected chi connectivity index (χ2v) is 8.10. The maximum absolute atomic E-state index is 12.9. The summed E-state index contributed by atoms with van der Waals surface area (Å²) in [5.41, 5.74) is 3.66. The van der Waals surface area contributed by atoms with Crippen molar-refractivity contribution in [1.82, 2.24) is 4.98 Å². The molecular formula is C24H26N2O5S. The van der Waals surface area contributed by atoms with Crippen molar-refractivity contribution in [2.45, 2.75) is 32.0 Å². The summed E-state index contributed by atoms with van der Waals surface area (Å²) in [7, 11) is 1.54. The van der Waals surface area contributed by atoms with Crippen molar-refractivity contribution < 1.29 is 23.7 Å². The highest BCUT2D eigenvalue weighted by Gasteiger charge is 2.17. The van der Waals surface area contributed by atoms with Crippen LogP contribution in [0.25, 0.3) is 0 Å². The third-order valence-corrected chi connectivity index (χ3v) is 5.75. The predicted octanol–water partition coefficient (Wildman–Crippen LogP) is 4.93. The number of nitrogens with zero attached hydrogens (tertiary/aromatic N) is 1. The molecule has 1 unspecified atom stereocenters. The Balaban J connectivity index is 1.41. The van der Waals surface area contributed by atoms with Gasteiger partial charge in [-0.05, 0) is 49.6 Å². The number of ether oxygens (including phenoxy) is 4. The van der Waals surface area contributed by atoms with E-state index in [-0.39, 0.29) is 12.0 Å². The molecule has 0 saturated carbocycles. The summed E-state index contributed by atoms with van der Waals surface area (Å²) in [6, 6.07) is 12.5. The summed E-state index contributed by atoms with van der Waals surface area (Å²) in [6.07, 6.45) is 3.33. The van der Waals surface area contributed by atoms with Crippen LogP contribution in [0.15, 0.2) is 53.4 Å². The number of amides is 1. The summed E-state index contributed by atoms with van der Waals surface area (Å²) in [4.78, 5) is 17.1. The Morgan fingerprint density at radius 1 is 1.16 bits per heavy atom. The standard InChI is InChI=1S/C24H26N2O5S/c1-28-23-12-17(9-10-22(23)30-13-18-15-32-16-25-18)24(27)26-20-7-2-3-8-21(20)31-14-19-6-4-5-11-29-19/h2-3,7-10,12,15-16,19H,4-6,11,13-14H2,1H3,(H,26,27). The lowest BCUT2D eigenvalue weighted by atomic mass is 10.1. The van der Waals surface area contributed by atoms with Crippen LogP contribution in [-0.4, -0.2) is 37.3 Å². The number of benzene rings is 2. The number of methoxy groups -OCH3 is 1. The van der Waals surface area contributed by atoms with Gasteiger partial charge in [-0.3, -0.25) is 4.79 Å². The van der Waals surface area contributed by atoms with Gasteiger partial charge in [0.05, 0.1) is 30.1 Å². The molecular weight excluding hydrogens is 428 g/mol. The van der Waals surface area contributed by atoms with Gasteiger partial charge in [0.25, 0.3) is 5.91 Å². The van der Waals surface area contributed by atoms with E-state index in [0.717, 1.165) is 31.6 Å². The van der Waals surface area contributed by atoms with Gasteiger partial charge in [-0.2, -0.15) is 0 Å². The Morgan fingerprint density at radius 2 is 2.06 bits per heavy atom. The zero-order valence-electron chi connectivity index (χ0n) is 17.9. The highest BCUT2D eigenvalue weighted by molar-refractivity contribution is 7.07. The van der Waals surface area contributed by atoms with Gasteiger partial charge in [-0.25, -0.2) is 4.98 Å². The molecule has 4 rings (SSSR count). The monoisotopic (exact) mass is 454 g/mol. The van der Waals surface area contributed by atoms with E-state index in [1.165, 1.54) is 11.3 Å². The van der Waals surface area contributed by atoms with Crippen LogP contribution in [0.3, 0.4) is 0 Å². The maximum Gasteiger partial charge on any atom is 0.255 e. The number of para-hydroxylation sites is 2. The lowest BCUT2D eigenvalue weighted by Crippen LogP contribution is -2.26. The van der Waals surface area contributed by atoms with Crippen LogP contribution in [0.5, 0.6) is 17.2 Å². The zero-order chi connectivity index (χ0) is 22.2. The molecule has 1 amide bonds. The lowest BCUT2D eigenvalue weighted by molar-refractivity contribution is -0.0109. The Labute approximate surface area is 191 Å². The minimum Gasteiger partial charge on any atom is -0.493 e. The molecule has 1 N–H and O–H groups in total. The first-order valence-corrected chi connectivity index (χ1v) is 11.5. The number of aromatic nitrogens is 1. The smallest absolute Gasteiger partial charge is 0.255 e. The van der Waals surface area contributed by atoms with Crippen molar-refractivity contribution >= 4 is 22.9 Å². The number of nitrogens with one attached hydrogen (secondary N) is 1. The minimum absolute atomic E-state index is 0.0913. The van der Waals surface area contributed by atoms with E-state index in [1.807, 2.05) is 29.6 Å². The molecule has 8 heteroatoms. The highest BCUT2D eigenvalue weighted by Crippen LogP contribution is 2.30. The third kappa shape index (κ3) is 5.77. The van der Waals surface area contributed by atoms with Crippen molar-refractivity contribution in [2.24, 2.45) is 0 Å². The van der Waals surface area contributed by atoms with E-state index >= 15 is 0 Å². The molecule has 32 heavy (non-hydrogen) atoms. The van der Waals surface area contributed by atoms with E-state index < -0.39 is 0 Å². The van der Waals surface area contributed by atoms with Crippen LogP contribution in [0, 0.1) is 0 Å². The van der Waals surface area contributed by atoms with E-state index in [2.05, 4.69) is 10.3 Å². The molecule has 1 aliphatic heterocycles. The summed E-state index contributed by atoms with van der Waals surface area (Å²) in [5, 5.41) is 4.85. The topological polar surface area (TPSA) is 78.9 Å². The quantitative estimate of drug-likeness (QED) is 0.494. The summed E-state index contributed by atoms with van der Waals surface area (Å²) >= 11 is 1.51. The van der Waals surface area contributed by atoms with E-state index in [4.69, 9.17) is 18.9 Å². The second kappa shape index (κ2) is 11.0. The van der Waals surface area contributed by atoms with Gasteiger partial charge in [0.2, 0.25) is 0 Å². The molecule has 2 heterocycles. The molecule has 0 aliphatic carbocycles. The number of thiazole rings is 1. The molecule has 168 valence electrons. The van der Waals surface area contributed by atoms with E-state index in [9.17, 15) is 4.79 Å². The van der Waals surface area contributed by atoms with Crippen molar-refractivity contribution in [2.75, 3.05) is 25.6 Å². The average molecular weight is 455 g/mol. The normalized spacial score (nSPS) is 15.7. The van der Waals surface area contributed by atoms with Gasteiger partial charge in [0.15, 0.2) is 11.5 Å². The molecule has 3 aromatic rings. The molecule has 1 aliphatic rings. The SMILES string of the molecule is COc1cc(C(=O)Nc2ccccc2OCC2CCCCO2)ccc1OCc1cscn1. The molecule has 1 saturated heterocycles. The summed E-state index contributed by atoms with van der Waals surface area (Å²) in [6.45, 7) is 1.57. The minimum atomic E-state index is -0.265. The van der Waals surface area contributed by atoms with E-state index in [0.29, 0.717) is 41.7 Å². The summed E-state index contributed by atoms with van der Waals surface area (Å²) in [5.74, 6) is 1.38. The fraction of sp³-hybridized carbons (Fsp3) is 0.333. The Kier molecular flexibility index (Phi) is 7.58. The Morgan fingerprint density at radius 3 is 2.84 bits per heavy atom. The van der Waals surface area contributed by atoms with Crippen molar-refractivity contribution in [3.05, 3.63) is 64.6 Å². The second-order valence-electron chi connectivity index (χ2n) is 7.38. The van der Waals surface area contributed by atoms with Gasteiger partial charge >= 0.3 is 0 Å². The number of carbonyl (C=O) groups is 1. The zero-order valence-corrected chi connectivity index (χ0v) is 18.7. The molecule has 1 aromatic heterocycles. The highest BCUT2D eigenvalue weighted by atomic mass is 32.1. The molecule has 1 fully saturated rings. The van der Waals surface area contributed by atoms with Crippen LogP contribution in [-0.2, 0) is 11.3 Å². The van der Waals surface area contributed by atoms with Crippen LogP contribution in [0.2, 0.25) is 0 Å². The van der Waals surface area contributed by atoms with Gasteiger partial charge in [0.1, 0.15) is 19.0 Å². The number of rotatable bonds is 9. The van der Waals surface area contributed by atoms with Gasteiger partial charge in [0, 0.05) is 17.6 Å². The predicted molar refractivity (Wildman–Crippen MR) is 123 cm³/mol. The number of anilines is 1. The molecule has 0 radical (unpaired) electrons. The molecule has 0 spiro atoms. The first-order valence-electron chi connectivity index (χ1n) is 10.6. The number of hydrogen-bond donors (Lipinski definition) is 1. The molecule has 1 atom stereocenters. The molecule has 7 nitrogen and oxygen atoms in total. The van der Waals surface area contributed by atoms with E-state index in [1.54, 1.807) is 30.8 Å². The Hall–Kier alpha value is -3.10. The van der Waals surface area contributed by atoms with Crippen LogP contribution in [0.1, 0.15) is 35.3 Å². The Bertz CT molecular complexity index is 1020. The van der Waals surface area contributed by atoms with Crippen molar-refractivity contribution in [3.8, 4) is 17.2 Å². The van der Waals surface area contributed by atoms with Crippen molar-refractivity contribution in [3.63, 3.8) is 0 Å². The number of hydrogen-bond acceptors (Lipinski definition) is 7. The van der Waals surface area contributed by atoms with Crippen LogP contribution in [0.4, 0.5) is 5.69 Å². The van der Waals surface area contributed by atoms with Crippen LogP contribution >= 0.6 is 11.3 Å². The first-order chi connectivity index (χ1) is 15.7. The van der Waals surface area contributed by atoms with Crippen molar-refractivity contribution in [1.29, 1.82) is 0 Å². The molecule has 0 bridgehead atoms. The molecule has 2 aromatic carbocycles. The fourth-order valence-corrected chi connectivity index (χ4v) is 3.94. The largest absolute Gasteiger partial charge is 0.493 e. The first kappa shape index (κ1) is 22.1. The summed E-state index contributed by atoms with van der Waals surface area (Å²) < 4.78 is 22.9. The maximum atomic E-state index is 12.9. The van der Waals surface area contributed by atoms with Gasteiger partial charge < -0.3 is 24.3 Å². The van der Waals surface area contributed by atoms with Gasteiger partial charge in [-0.15, -0.1) is 11.3 Å². The van der Waals surface area contributed by atoms with Gasteiger partial charge in [-0.1, -0.05) is 12.1 Å². The number of carbonyl (C=O) groups excluding carboxylic acids is 1. The third-order valence-electron chi connectivity index (χ3n) is 5.12. The fourth-order valence-electron chi connectivity index (χ4n) is 3.40. The average Bonchev–Trinajstić information content (AvgIpc) is 3.36.